The number of alkyl halides is 5. The second-order valence-electron chi connectivity index (χ2n) is 6.89. The highest BCUT2D eigenvalue weighted by Gasteiger charge is 2.31. The largest absolute Gasteiger partial charge is 0.573 e. The lowest BCUT2D eigenvalue weighted by atomic mass is 10.1. The summed E-state index contributed by atoms with van der Waals surface area (Å²) in [4.78, 5) is 8.23. The molecule has 1 unspecified atom stereocenters. The first-order valence-electron chi connectivity index (χ1n) is 9.44. The molecule has 8 nitrogen and oxygen atoms in total. The molecule has 13 heteroatoms. The number of ether oxygens (including phenoxy) is 2. The number of aromatic nitrogens is 4. The summed E-state index contributed by atoms with van der Waals surface area (Å²) in [7, 11) is 0. The van der Waals surface area contributed by atoms with Crippen molar-refractivity contribution in [3.05, 3.63) is 48.1 Å². The summed E-state index contributed by atoms with van der Waals surface area (Å²) in [5.41, 5.74) is 0.876. The van der Waals surface area contributed by atoms with Crippen molar-refractivity contribution in [2.45, 2.75) is 37.8 Å². The van der Waals surface area contributed by atoms with E-state index < -0.39 is 24.7 Å². The van der Waals surface area contributed by atoms with Gasteiger partial charge in [-0.05, 0) is 30.5 Å². The van der Waals surface area contributed by atoms with E-state index in [4.69, 9.17) is 9.15 Å². The Bertz CT molecular complexity index is 1020. The minimum absolute atomic E-state index is 0.150. The molecule has 0 aliphatic heterocycles. The molecule has 0 radical (unpaired) electrons. The van der Waals surface area contributed by atoms with E-state index in [1.807, 2.05) is 0 Å². The van der Waals surface area contributed by atoms with Gasteiger partial charge in [0.25, 0.3) is 11.8 Å². The predicted octanol–water partition coefficient (Wildman–Crippen LogP) is 4.70. The van der Waals surface area contributed by atoms with Gasteiger partial charge in [0.2, 0.25) is 5.95 Å². The SMILES string of the molecule is FC(F)c1nnc(-c2cnc(NC(COC3CC3)c3ccc(OC(F)(F)F)cc3)nc2)o1. The molecular formula is C19H16F5N5O3. The minimum Gasteiger partial charge on any atom is -0.415 e. The summed E-state index contributed by atoms with van der Waals surface area (Å²) in [6, 6.07) is 4.90. The topological polar surface area (TPSA) is 95.2 Å². The second kappa shape index (κ2) is 9.02. The highest BCUT2D eigenvalue weighted by molar-refractivity contribution is 5.50. The summed E-state index contributed by atoms with van der Waals surface area (Å²) in [6.45, 7) is 0.233. The zero-order valence-electron chi connectivity index (χ0n) is 16.2. The molecule has 2 heterocycles. The zero-order chi connectivity index (χ0) is 22.7. The molecule has 2 aromatic heterocycles. The molecule has 3 aromatic rings. The molecule has 1 aliphatic rings. The van der Waals surface area contributed by atoms with E-state index in [1.54, 1.807) is 0 Å². The van der Waals surface area contributed by atoms with Gasteiger partial charge in [0.15, 0.2) is 0 Å². The van der Waals surface area contributed by atoms with Crippen molar-refractivity contribution in [1.29, 1.82) is 0 Å². The maximum Gasteiger partial charge on any atom is 0.573 e. The second-order valence-corrected chi connectivity index (χ2v) is 6.89. The third-order valence-electron chi connectivity index (χ3n) is 4.37. The number of hydrogen-bond donors (Lipinski definition) is 1. The first-order chi connectivity index (χ1) is 15.3. The molecule has 1 N–H and O–H groups in total. The van der Waals surface area contributed by atoms with Crippen LogP contribution in [0.4, 0.5) is 27.9 Å². The van der Waals surface area contributed by atoms with Crippen LogP contribution in [0.1, 0.15) is 36.8 Å². The van der Waals surface area contributed by atoms with E-state index in [2.05, 4.69) is 30.2 Å². The van der Waals surface area contributed by atoms with E-state index in [9.17, 15) is 22.0 Å². The molecule has 0 saturated heterocycles. The van der Waals surface area contributed by atoms with Gasteiger partial charge in [-0.1, -0.05) is 12.1 Å². The lowest BCUT2D eigenvalue weighted by Gasteiger charge is -2.20. The van der Waals surface area contributed by atoms with Gasteiger partial charge in [0, 0.05) is 12.4 Å². The Morgan fingerprint density at radius 1 is 1.06 bits per heavy atom. The van der Waals surface area contributed by atoms with E-state index in [-0.39, 0.29) is 35.9 Å². The fourth-order valence-corrected chi connectivity index (χ4v) is 2.70. The van der Waals surface area contributed by atoms with Gasteiger partial charge in [0.1, 0.15) is 5.75 Å². The summed E-state index contributed by atoms with van der Waals surface area (Å²) in [6.07, 6.45) is -3.00. The molecule has 1 aliphatic carbocycles. The summed E-state index contributed by atoms with van der Waals surface area (Å²) in [5.74, 6) is -1.12. The summed E-state index contributed by atoms with van der Waals surface area (Å²) >= 11 is 0. The van der Waals surface area contributed by atoms with Gasteiger partial charge >= 0.3 is 12.8 Å². The average Bonchev–Trinajstić information content (AvgIpc) is 3.44. The Hall–Kier alpha value is -3.35. The number of nitrogens with zero attached hydrogens (tertiary/aromatic N) is 4. The Labute approximate surface area is 177 Å². The molecule has 1 saturated carbocycles. The van der Waals surface area contributed by atoms with Gasteiger partial charge < -0.3 is 19.2 Å². The highest BCUT2D eigenvalue weighted by atomic mass is 19.4. The Kier molecular flexibility index (Phi) is 6.17. The van der Waals surface area contributed by atoms with Crippen LogP contribution in [0.3, 0.4) is 0 Å². The average molecular weight is 457 g/mol. The Balaban J connectivity index is 1.47. The smallest absolute Gasteiger partial charge is 0.415 e. The van der Waals surface area contributed by atoms with Gasteiger partial charge in [0.05, 0.1) is 24.3 Å². The molecule has 0 spiro atoms. The number of halogens is 5. The fraction of sp³-hybridized carbons (Fsp3) is 0.368. The lowest BCUT2D eigenvalue weighted by Crippen LogP contribution is -2.20. The Morgan fingerprint density at radius 2 is 1.75 bits per heavy atom. The first kappa shape index (κ1) is 21.9. The van der Waals surface area contributed by atoms with Gasteiger partial charge in [-0.15, -0.1) is 23.4 Å². The maximum absolute atomic E-state index is 12.6. The molecule has 4 rings (SSSR count). The van der Waals surface area contributed by atoms with Gasteiger partial charge in [-0.3, -0.25) is 0 Å². The quantitative estimate of drug-likeness (QED) is 0.463. The fourth-order valence-electron chi connectivity index (χ4n) is 2.70. The van der Waals surface area contributed by atoms with E-state index in [0.717, 1.165) is 12.8 Å². The van der Waals surface area contributed by atoms with Crippen molar-refractivity contribution in [2.75, 3.05) is 11.9 Å². The summed E-state index contributed by atoms with van der Waals surface area (Å²) in [5, 5.41) is 9.82. The van der Waals surface area contributed by atoms with Crippen molar-refractivity contribution < 1.29 is 35.8 Å². The van der Waals surface area contributed by atoms with Crippen molar-refractivity contribution >= 4 is 5.95 Å². The number of benzene rings is 1. The number of rotatable bonds is 9. The van der Waals surface area contributed by atoms with Crippen LogP contribution in [-0.4, -0.2) is 39.2 Å². The molecule has 1 aromatic carbocycles. The number of nitrogens with one attached hydrogen (secondary N) is 1. The van der Waals surface area contributed by atoms with Gasteiger partial charge in [-0.25, -0.2) is 9.97 Å². The van der Waals surface area contributed by atoms with E-state index in [1.165, 1.54) is 36.7 Å². The van der Waals surface area contributed by atoms with Crippen LogP contribution in [0.15, 0.2) is 41.1 Å². The minimum atomic E-state index is -4.78. The van der Waals surface area contributed by atoms with Crippen LogP contribution in [0.2, 0.25) is 0 Å². The third kappa shape index (κ3) is 5.87. The highest BCUT2D eigenvalue weighted by Crippen LogP contribution is 2.29. The predicted molar refractivity (Wildman–Crippen MR) is 98.7 cm³/mol. The van der Waals surface area contributed by atoms with Crippen LogP contribution in [0.5, 0.6) is 5.75 Å². The van der Waals surface area contributed by atoms with Crippen molar-refractivity contribution in [2.24, 2.45) is 0 Å². The summed E-state index contributed by atoms with van der Waals surface area (Å²) < 4.78 is 76.8. The van der Waals surface area contributed by atoms with Gasteiger partial charge in [-0.2, -0.15) is 8.78 Å². The van der Waals surface area contributed by atoms with Crippen molar-refractivity contribution in [3.63, 3.8) is 0 Å². The lowest BCUT2D eigenvalue weighted by molar-refractivity contribution is -0.274. The molecule has 1 fully saturated rings. The van der Waals surface area contributed by atoms with Crippen molar-refractivity contribution in [3.8, 4) is 17.2 Å². The molecule has 170 valence electrons. The monoisotopic (exact) mass is 457 g/mol. The molecule has 0 amide bonds. The van der Waals surface area contributed by atoms with Crippen LogP contribution >= 0.6 is 0 Å². The molecule has 1 atom stereocenters. The Morgan fingerprint density at radius 3 is 2.31 bits per heavy atom. The van der Waals surface area contributed by atoms with Crippen LogP contribution in [-0.2, 0) is 4.74 Å². The van der Waals surface area contributed by atoms with E-state index in [0.29, 0.717) is 5.56 Å². The molecule has 32 heavy (non-hydrogen) atoms. The normalized spacial score (nSPS) is 15.1. The standard InChI is InChI=1S/C19H16F5N5O3/c20-15(21)17-29-28-16(31-17)11-7-25-18(26-8-11)27-14(9-30-12-5-6-12)10-1-3-13(4-2-10)32-19(22,23)24/h1-4,7-8,12,14-15H,5-6,9H2,(H,25,26,27). The molecular weight excluding hydrogens is 441 g/mol. The number of hydrogen-bond acceptors (Lipinski definition) is 8. The van der Waals surface area contributed by atoms with Crippen LogP contribution in [0.25, 0.3) is 11.5 Å². The van der Waals surface area contributed by atoms with E-state index >= 15 is 0 Å². The number of anilines is 1. The third-order valence-corrected chi connectivity index (χ3v) is 4.37. The van der Waals surface area contributed by atoms with Crippen LogP contribution in [0, 0.1) is 0 Å². The maximum atomic E-state index is 12.6. The first-order valence-corrected chi connectivity index (χ1v) is 9.44. The van der Waals surface area contributed by atoms with Crippen molar-refractivity contribution in [1.82, 2.24) is 20.2 Å². The van der Waals surface area contributed by atoms with Crippen LogP contribution < -0.4 is 10.1 Å². The zero-order valence-corrected chi connectivity index (χ0v) is 16.2. The molecule has 0 bridgehead atoms.